The molecule has 4 nitrogen and oxygen atoms in total. The molecule has 2 heterocycles. The Morgan fingerprint density at radius 1 is 1.69 bits per heavy atom. The molecule has 0 aliphatic carbocycles. The van der Waals surface area contributed by atoms with Gasteiger partial charge in [0.15, 0.2) is 0 Å². The van der Waals surface area contributed by atoms with Crippen LogP contribution in [0, 0.1) is 0 Å². The second kappa shape index (κ2) is 3.89. The molecule has 4 heteroatoms. The number of H-pyrrole nitrogens is 1. The summed E-state index contributed by atoms with van der Waals surface area (Å²) >= 11 is 0. The summed E-state index contributed by atoms with van der Waals surface area (Å²) < 4.78 is 0. The Morgan fingerprint density at radius 3 is 3.23 bits per heavy atom. The van der Waals surface area contributed by atoms with Gasteiger partial charge in [0.1, 0.15) is 0 Å². The summed E-state index contributed by atoms with van der Waals surface area (Å²) in [4.78, 5) is 2.41. The van der Waals surface area contributed by atoms with Gasteiger partial charge in [0.25, 0.3) is 0 Å². The van der Waals surface area contributed by atoms with E-state index in [1.165, 1.54) is 5.56 Å². The van der Waals surface area contributed by atoms with Gasteiger partial charge >= 0.3 is 0 Å². The first-order valence-corrected chi connectivity index (χ1v) is 4.80. The number of aromatic nitrogens is 2. The van der Waals surface area contributed by atoms with E-state index in [2.05, 4.69) is 15.1 Å². The fourth-order valence-electron chi connectivity index (χ4n) is 1.77. The third kappa shape index (κ3) is 2.29. The molecule has 0 aromatic carbocycles. The highest BCUT2D eigenvalue weighted by molar-refractivity contribution is 5.02. The zero-order valence-corrected chi connectivity index (χ0v) is 7.74. The summed E-state index contributed by atoms with van der Waals surface area (Å²) in [5, 5.41) is 6.73. The molecule has 0 amide bonds. The van der Waals surface area contributed by atoms with E-state index in [0.29, 0.717) is 6.04 Å². The van der Waals surface area contributed by atoms with Crippen molar-refractivity contribution in [1.82, 2.24) is 15.1 Å². The van der Waals surface area contributed by atoms with Gasteiger partial charge in [-0.2, -0.15) is 5.10 Å². The zero-order chi connectivity index (χ0) is 9.10. The highest BCUT2D eigenvalue weighted by Crippen LogP contribution is 2.07. The van der Waals surface area contributed by atoms with E-state index < -0.39 is 0 Å². The van der Waals surface area contributed by atoms with Gasteiger partial charge in [-0.1, -0.05) is 0 Å². The van der Waals surface area contributed by atoms with E-state index in [4.69, 9.17) is 5.73 Å². The van der Waals surface area contributed by atoms with Crippen LogP contribution in [0.2, 0.25) is 0 Å². The van der Waals surface area contributed by atoms with Gasteiger partial charge in [-0.05, 0) is 24.9 Å². The third-order valence-electron chi connectivity index (χ3n) is 2.58. The topological polar surface area (TPSA) is 57.9 Å². The number of nitrogens with one attached hydrogen (secondary N) is 1. The van der Waals surface area contributed by atoms with Gasteiger partial charge in [0.2, 0.25) is 0 Å². The predicted octanol–water partition coefficient (Wildman–Crippen LogP) is -0.0148. The molecule has 1 aliphatic heterocycles. The molecule has 1 fully saturated rings. The third-order valence-corrected chi connectivity index (χ3v) is 2.58. The average Bonchev–Trinajstić information content (AvgIpc) is 2.71. The van der Waals surface area contributed by atoms with Crippen LogP contribution in [0.15, 0.2) is 12.4 Å². The molecule has 13 heavy (non-hydrogen) atoms. The van der Waals surface area contributed by atoms with Gasteiger partial charge in [-0.15, -0.1) is 0 Å². The summed E-state index contributed by atoms with van der Waals surface area (Å²) in [7, 11) is 0. The van der Waals surface area contributed by atoms with Crippen LogP contribution in [0.1, 0.15) is 12.0 Å². The average molecular weight is 180 g/mol. The number of likely N-dealkylation sites (tertiary alicyclic amines) is 1. The highest BCUT2D eigenvalue weighted by Gasteiger charge is 2.18. The fraction of sp³-hybridized carbons (Fsp3) is 0.667. The largest absolute Gasteiger partial charge is 0.326 e. The van der Waals surface area contributed by atoms with E-state index in [1.54, 1.807) is 0 Å². The molecule has 0 saturated carbocycles. The molecular weight excluding hydrogens is 164 g/mol. The molecule has 2 rings (SSSR count). The molecule has 1 atom stereocenters. The van der Waals surface area contributed by atoms with Crippen molar-refractivity contribution in [3.05, 3.63) is 18.0 Å². The van der Waals surface area contributed by atoms with Gasteiger partial charge in [0.05, 0.1) is 6.20 Å². The number of aromatic amines is 1. The Bertz CT molecular complexity index is 244. The van der Waals surface area contributed by atoms with Crippen LogP contribution in [0.5, 0.6) is 0 Å². The maximum atomic E-state index is 5.81. The highest BCUT2D eigenvalue weighted by atomic mass is 15.2. The first kappa shape index (κ1) is 8.72. The lowest BCUT2D eigenvalue weighted by Crippen LogP contribution is -2.28. The van der Waals surface area contributed by atoms with Gasteiger partial charge < -0.3 is 10.6 Å². The summed E-state index contributed by atoms with van der Waals surface area (Å²) in [6.07, 6.45) is 6.06. The molecule has 72 valence electrons. The summed E-state index contributed by atoms with van der Waals surface area (Å²) in [5.41, 5.74) is 7.09. The first-order chi connectivity index (χ1) is 6.34. The van der Waals surface area contributed by atoms with E-state index in [0.717, 1.165) is 32.5 Å². The lowest BCUT2D eigenvalue weighted by molar-refractivity contribution is 0.339. The Morgan fingerprint density at radius 2 is 2.62 bits per heavy atom. The molecule has 1 unspecified atom stereocenters. The standard InChI is InChI=1S/C9H16N4/c10-9-2-4-13(7-9)3-1-8-5-11-12-6-8/h5-6,9H,1-4,7,10H2,(H,11,12). The van der Waals surface area contributed by atoms with Crippen molar-refractivity contribution in [3.8, 4) is 0 Å². The molecule has 1 saturated heterocycles. The second-order valence-electron chi connectivity index (χ2n) is 3.71. The molecule has 3 N–H and O–H groups in total. The Hall–Kier alpha value is -0.870. The molecule has 1 aromatic rings. The molecule has 1 aliphatic rings. The summed E-state index contributed by atoms with van der Waals surface area (Å²) in [6.45, 7) is 3.31. The van der Waals surface area contributed by atoms with Crippen molar-refractivity contribution < 1.29 is 0 Å². The fourth-order valence-corrected chi connectivity index (χ4v) is 1.77. The number of hydrogen-bond donors (Lipinski definition) is 2. The van der Waals surface area contributed by atoms with Crippen LogP contribution >= 0.6 is 0 Å². The van der Waals surface area contributed by atoms with Crippen molar-refractivity contribution in [2.75, 3.05) is 19.6 Å². The SMILES string of the molecule is NC1CCN(CCc2cn[nH]c2)C1. The van der Waals surface area contributed by atoms with Crippen molar-refractivity contribution >= 4 is 0 Å². The minimum Gasteiger partial charge on any atom is -0.326 e. The van der Waals surface area contributed by atoms with E-state index in [-0.39, 0.29) is 0 Å². The maximum Gasteiger partial charge on any atom is 0.0519 e. The van der Waals surface area contributed by atoms with Crippen LogP contribution < -0.4 is 5.73 Å². The van der Waals surface area contributed by atoms with Crippen LogP contribution in [0.25, 0.3) is 0 Å². The predicted molar refractivity (Wildman–Crippen MR) is 51.3 cm³/mol. The van der Waals surface area contributed by atoms with Crippen LogP contribution in [0.3, 0.4) is 0 Å². The summed E-state index contributed by atoms with van der Waals surface area (Å²) in [6, 6.07) is 0.393. The van der Waals surface area contributed by atoms with Crippen molar-refractivity contribution in [1.29, 1.82) is 0 Å². The molecule has 0 radical (unpaired) electrons. The van der Waals surface area contributed by atoms with Crippen LogP contribution in [0.4, 0.5) is 0 Å². The van der Waals surface area contributed by atoms with Crippen LogP contribution in [-0.2, 0) is 6.42 Å². The monoisotopic (exact) mass is 180 g/mol. The van der Waals surface area contributed by atoms with E-state index >= 15 is 0 Å². The van der Waals surface area contributed by atoms with Crippen molar-refractivity contribution in [3.63, 3.8) is 0 Å². The van der Waals surface area contributed by atoms with Crippen LogP contribution in [-0.4, -0.2) is 40.8 Å². The first-order valence-electron chi connectivity index (χ1n) is 4.80. The number of nitrogens with zero attached hydrogens (tertiary/aromatic N) is 2. The lowest BCUT2D eigenvalue weighted by atomic mass is 10.2. The van der Waals surface area contributed by atoms with Crippen molar-refractivity contribution in [2.24, 2.45) is 5.73 Å². The minimum atomic E-state index is 0.393. The molecule has 0 bridgehead atoms. The van der Waals surface area contributed by atoms with Crippen molar-refractivity contribution in [2.45, 2.75) is 18.9 Å². The number of rotatable bonds is 3. The molecular formula is C9H16N4. The smallest absolute Gasteiger partial charge is 0.0519 e. The van der Waals surface area contributed by atoms with E-state index in [9.17, 15) is 0 Å². The summed E-state index contributed by atoms with van der Waals surface area (Å²) in [5.74, 6) is 0. The maximum absolute atomic E-state index is 5.81. The Kier molecular flexibility index (Phi) is 2.61. The number of hydrogen-bond acceptors (Lipinski definition) is 3. The van der Waals surface area contributed by atoms with Gasteiger partial charge in [-0.3, -0.25) is 5.10 Å². The Balaban J connectivity index is 1.74. The van der Waals surface area contributed by atoms with Gasteiger partial charge in [0, 0.05) is 25.3 Å². The zero-order valence-electron chi connectivity index (χ0n) is 7.74. The normalized spacial score (nSPS) is 23.9. The number of nitrogens with two attached hydrogens (primary N) is 1. The van der Waals surface area contributed by atoms with E-state index in [1.807, 2.05) is 12.4 Å². The lowest BCUT2D eigenvalue weighted by Gasteiger charge is -2.13. The van der Waals surface area contributed by atoms with Gasteiger partial charge in [-0.25, -0.2) is 0 Å². The second-order valence-corrected chi connectivity index (χ2v) is 3.71. The molecule has 0 spiro atoms. The minimum absolute atomic E-state index is 0.393. The quantitative estimate of drug-likeness (QED) is 0.687. The Labute approximate surface area is 78.1 Å². The molecule has 1 aromatic heterocycles.